The fourth-order valence-electron chi connectivity index (χ4n) is 2.27. The van der Waals surface area contributed by atoms with E-state index in [0.717, 1.165) is 16.7 Å². The first-order valence-electron chi connectivity index (χ1n) is 7.40. The molecule has 5 heteroatoms. The Hall–Kier alpha value is -1.45. The molecule has 118 valence electrons. The summed E-state index contributed by atoms with van der Waals surface area (Å²) >= 11 is 0. The van der Waals surface area contributed by atoms with E-state index < -0.39 is 13.4 Å². The Balaban J connectivity index is 2.34. The predicted octanol–water partition coefficient (Wildman–Crippen LogP) is 4.58. The highest BCUT2D eigenvalue weighted by Gasteiger charge is 2.33. The van der Waals surface area contributed by atoms with Gasteiger partial charge in [-0.3, -0.25) is 4.57 Å². The largest absolute Gasteiger partial charge is 0.351 e. The molecule has 0 saturated heterocycles. The van der Waals surface area contributed by atoms with Gasteiger partial charge < -0.3 is 14.8 Å². The Morgan fingerprint density at radius 2 is 1.55 bits per heavy atom. The van der Waals surface area contributed by atoms with E-state index in [1.165, 1.54) is 0 Å². The van der Waals surface area contributed by atoms with Crippen LogP contribution in [0, 0.1) is 0 Å². The molecule has 0 radical (unpaired) electrons. The molecule has 0 bridgehead atoms. The minimum Gasteiger partial charge on any atom is -0.314 e. The maximum Gasteiger partial charge on any atom is 0.351 e. The van der Waals surface area contributed by atoms with Crippen molar-refractivity contribution in [3.63, 3.8) is 0 Å². The van der Waals surface area contributed by atoms with Crippen LogP contribution >= 0.6 is 7.60 Å². The smallest absolute Gasteiger partial charge is 0.314 e. The summed E-state index contributed by atoms with van der Waals surface area (Å²) in [5.41, 5.74) is 9.03. The summed E-state index contributed by atoms with van der Waals surface area (Å²) in [6.45, 7) is 4.14. The Kier molecular flexibility index (Phi) is 5.92. The fraction of sp³-hybridized carbons (Fsp3) is 0.294. The molecule has 0 spiro atoms. The summed E-state index contributed by atoms with van der Waals surface area (Å²) in [6.07, 6.45) is 0. The second-order valence-electron chi connectivity index (χ2n) is 4.81. The van der Waals surface area contributed by atoms with Crippen LogP contribution < -0.4 is 5.73 Å². The Bertz CT molecular complexity index is 635. The van der Waals surface area contributed by atoms with E-state index in [9.17, 15) is 4.57 Å². The third kappa shape index (κ3) is 3.84. The zero-order valence-electron chi connectivity index (χ0n) is 12.9. The van der Waals surface area contributed by atoms with Crippen LogP contribution in [-0.2, 0) is 13.6 Å². The molecule has 0 fully saturated rings. The predicted molar refractivity (Wildman–Crippen MR) is 89.7 cm³/mol. The number of nitrogens with two attached hydrogens (primary N) is 1. The van der Waals surface area contributed by atoms with Crippen molar-refractivity contribution in [3.05, 3.63) is 60.2 Å². The van der Waals surface area contributed by atoms with Gasteiger partial charge in [0.2, 0.25) is 0 Å². The zero-order chi connectivity index (χ0) is 16.0. The van der Waals surface area contributed by atoms with Crippen LogP contribution in [0.1, 0.15) is 25.2 Å². The first-order chi connectivity index (χ1) is 10.6. The van der Waals surface area contributed by atoms with Crippen LogP contribution in [0.3, 0.4) is 0 Å². The van der Waals surface area contributed by atoms with E-state index in [2.05, 4.69) is 0 Å². The van der Waals surface area contributed by atoms with E-state index in [1.807, 2.05) is 54.6 Å². The van der Waals surface area contributed by atoms with Crippen molar-refractivity contribution in [2.24, 2.45) is 5.73 Å². The Morgan fingerprint density at radius 1 is 0.955 bits per heavy atom. The van der Waals surface area contributed by atoms with Crippen molar-refractivity contribution >= 4 is 7.60 Å². The monoisotopic (exact) mass is 319 g/mol. The van der Waals surface area contributed by atoms with Gasteiger partial charge >= 0.3 is 7.60 Å². The van der Waals surface area contributed by atoms with Gasteiger partial charge in [-0.1, -0.05) is 48.5 Å². The molecule has 4 nitrogen and oxygen atoms in total. The average molecular weight is 319 g/mol. The minimum absolute atomic E-state index is 0.295. The minimum atomic E-state index is -3.37. The second-order valence-corrected chi connectivity index (χ2v) is 6.96. The van der Waals surface area contributed by atoms with Gasteiger partial charge in [0.05, 0.1) is 13.2 Å². The average Bonchev–Trinajstić information content (AvgIpc) is 2.55. The standard InChI is InChI=1S/C17H22NO3P/c1-3-20-22(19,21-4-2)17(18)16-12-8-11-15(13-16)14-9-6-5-7-10-14/h5-13,17H,3-4,18H2,1-2H3/t17-/m0/s1. The molecule has 0 heterocycles. The van der Waals surface area contributed by atoms with E-state index >= 15 is 0 Å². The molecule has 0 unspecified atom stereocenters. The molecule has 0 aliphatic heterocycles. The summed E-state index contributed by atoms with van der Waals surface area (Å²) in [4.78, 5) is 0. The molecule has 22 heavy (non-hydrogen) atoms. The van der Waals surface area contributed by atoms with Gasteiger partial charge in [0.15, 0.2) is 0 Å². The third-order valence-corrected chi connectivity index (χ3v) is 5.51. The first-order valence-corrected chi connectivity index (χ1v) is 9.01. The van der Waals surface area contributed by atoms with Gasteiger partial charge in [-0.2, -0.15) is 0 Å². The maximum atomic E-state index is 12.8. The van der Waals surface area contributed by atoms with Gasteiger partial charge in [-0.05, 0) is 36.6 Å². The molecule has 2 aromatic carbocycles. The van der Waals surface area contributed by atoms with Crippen molar-refractivity contribution in [2.75, 3.05) is 13.2 Å². The summed E-state index contributed by atoms with van der Waals surface area (Å²) in [6, 6.07) is 17.7. The van der Waals surface area contributed by atoms with Crippen molar-refractivity contribution in [1.82, 2.24) is 0 Å². The third-order valence-electron chi connectivity index (χ3n) is 3.29. The van der Waals surface area contributed by atoms with Crippen LogP contribution in [0.4, 0.5) is 0 Å². The lowest BCUT2D eigenvalue weighted by Gasteiger charge is -2.23. The van der Waals surface area contributed by atoms with Gasteiger partial charge in [-0.25, -0.2) is 0 Å². The normalized spacial score (nSPS) is 13.0. The highest BCUT2D eigenvalue weighted by atomic mass is 31.2. The van der Waals surface area contributed by atoms with Crippen LogP contribution in [0.2, 0.25) is 0 Å². The number of rotatable bonds is 7. The number of benzene rings is 2. The van der Waals surface area contributed by atoms with Crippen molar-refractivity contribution in [3.8, 4) is 11.1 Å². The lowest BCUT2D eigenvalue weighted by atomic mass is 10.0. The summed E-state index contributed by atoms with van der Waals surface area (Å²) in [5.74, 6) is -0.795. The van der Waals surface area contributed by atoms with Crippen LogP contribution in [0.5, 0.6) is 0 Å². The number of hydrogen-bond acceptors (Lipinski definition) is 4. The van der Waals surface area contributed by atoms with E-state index in [0.29, 0.717) is 13.2 Å². The van der Waals surface area contributed by atoms with Crippen LogP contribution in [-0.4, -0.2) is 13.2 Å². The highest BCUT2D eigenvalue weighted by molar-refractivity contribution is 7.54. The van der Waals surface area contributed by atoms with Gasteiger partial charge in [0.1, 0.15) is 5.78 Å². The van der Waals surface area contributed by atoms with Crippen LogP contribution in [0.25, 0.3) is 11.1 Å². The van der Waals surface area contributed by atoms with Gasteiger partial charge in [0, 0.05) is 0 Å². The highest BCUT2D eigenvalue weighted by Crippen LogP contribution is 2.58. The summed E-state index contributed by atoms with van der Waals surface area (Å²) in [5, 5.41) is 0. The molecular weight excluding hydrogens is 297 g/mol. The quantitative estimate of drug-likeness (QED) is 0.759. The summed E-state index contributed by atoms with van der Waals surface area (Å²) in [7, 11) is -3.37. The van der Waals surface area contributed by atoms with Crippen molar-refractivity contribution in [2.45, 2.75) is 19.6 Å². The molecule has 0 amide bonds. The second kappa shape index (κ2) is 7.70. The van der Waals surface area contributed by atoms with E-state index in [1.54, 1.807) is 13.8 Å². The fourth-order valence-corrected chi connectivity index (χ4v) is 3.91. The SMILES string of the molecule is CCOP(=O)(OCC)[C@H](N)c1cccc(-c2ccccc2)c1. The van der Waals surface area contributed by atoms with E-state index in [-0.39, 0.29) is 0 Å². The lowest BCUT2D eigenvalue weighted by molar-refractivity contribution is 0.212. The maximum absolute atomic E-state index is 12.8. The topological polar surface area (TPSA) is 61.5 Å². The van der Waals surface area contributed by atoms with Crippen molar-refractivity contribution < 1.29 is 13.6 Å². The molecular formula is C17H22NO3P. The molecule has 2 N–H and O–H groups in total. The van der Waals surface area contributed by atoms with Crippen molar-refractivity contribution in [1.29, 1.82) is 0 Å². The first kappa shape index (κ1) is 16.9. The zero-order valence-corrected chi connectivity index (χ0v) is 13.8. The van der Waals surface area contributed by atoms with Gasteiger partial charge in [0.25, 0.3) is 0 Å². The molecule has 1 atom stereocenters. The van der Waals surface area contributed by atoms with Crippen LogP contribution in [0.15, 0.2) is 54.6 Å². The molecule has 2 aromatic rings. The molecule has 0 saturated carbocycles. The lowest BCUT2D eigenvalue weighted by Crippen LogP contribution is -2.15. The van der Waals surface area contributed by atoms with Gasteiger partial charge in [-0.15, -0.1) is 0 Å². The molecule has 0 aromatic heterocycles. The van der Waals surface area contributed by atoms with E-state index in [4.69, 9.17) is 14.8 Å². The molecule has 2 rings (SSSR count). The Morgan fingerprint density at radius 3 is 2.14 bits per heavy atom. The Labute approximate surface area is 131 Å². The number of hydrogen-bond donors (Lipinski definition) is 1. The summed E-state index contributed by atoms with van der Waals surface area (Å²) < 4.78 is 23.5. The molecule has 0 aliphatic carbocycles. The molecule has 0 aliphatic rings.